The Balaban J connectivity index is 3.53. The van der Waals surface area contributed by atoms with Gasteiger partial charge < -0.3 is 18.1 Å². The summed E-state index contributed by atoms with van der Waals surface area (Å²) in [4.78, 5) is 0.771. The van der Waals surface area contributed by atoms with Gasteiger partial charge in [0.25, 0.3) is 0 Å². The van der Waals surface area contributed by atoms with Gasteiger partial charge in [0.15, 0.2) is 0 Å². The molecule has 0 heterocycles. The Kier molecular flexibility index (Phi) is 10.5. The van der Waals surface area contributed by atoms with Crippen LogP contribution in [-0.2, 0) is 27.2 Å². The standard InChI is InChI=1S/C19H34O6P2S/c1-14(2)22-26(20,23-15(3)4)19(28-18-12-10-9-11-13-18)27(21,24-16(5)6)25-17(7)8/h9-17,19H,1-8H3. The van der Waals surface area contributed by atoms with E-state index in [0.29, 0.717) is 0 Å². The average Bonchev–Trinajstić information content (AvgIpc) is 2.50. The Bertz CT molecular complexity index is 612. The third-order valence-electron chi connectivity index (χ3n) is 2.96. The van der Waals surface area contributed by atoms with Crippen molar-refractivity contribution in [2.45, 2.75) is 89.4 Å². The van der Waals surface area contributed by atoms with Gasteiger partial charge in [0.2, 0.25) is 4.73 Å². The van der Waals surface area contributed by atoms with Crippen molar-refractivity contribution < 1.29 is 27.2 Å². The van der Waals surface area contributed by atoms with Crippen molar-refractivity contribution in [1.29, 1.82) is 0 Å². The third-order valence-corrected chi connectivity index (χ3v) is 11.5. The molecule has 0 saturated carbocycles. The largest absolute Gasteiger partial charge is 0.356 e. The Labute approximate surface area is 174 Å². The van der Waals surface area contributed by atoms with E-state index < -0.39 is 44.3 Å². The molecule has 28 heavy (non-hydrogen) atoms. The highest BCUT2D eigenvalue weighted by atomic mass is 32.2. The molecule has 0 aliphatic heterocycles. The molecular weight excluding hydrogens is 418 g/mol. The summed E-state index contributed by atoms with van der Waals surface area (Å²) in [7, 11) is -7.78. The first-order chi connectivity index (χ1) is 12.9. The van der Waals surface area contributed by atoms with E-state index in [0.717, 1.165) is 16.7 Å². The summed E-state index contributed by atoms with van der Waals surface area (Å²) >= 11 is 1.14. The summed E-state index contributed by atoms with van der Waals surface area (Å²) < 4.78 is 49.8. The van der Waals surface area contributed by atoms with Crippen LogP contribution in [0.3, 0.4) is 0 Å². The van der Waals surface area contributed by atoms with E-state index in [4.69, 9.17) is 18.1 Å². The first-order valence-electron chi connectivity index (χ1n) is 9.52. The summed E-state index contributed by atoms with van der Waals surface area (Å²) in [6, 6.07) is 9.29. The number of benzene rings is 1. The minimum absolute atomic E-state index is 0.394. The second-order valence-electron chi connectivity index (χ2n) is 7.45. The number of hydrogen-bond donors (Lipinski definition) is 0. The summed E-state index contributed by atoms with van der Waals surface area (Å²) in [6.07, 6.45) is -1.57. The van der Waals surface area contributed by atoms with Gasteiger partial charge in [-0.2, -0.15) is 0 Å². The van der Waals surface area contributed by atoms with Gasteiger partial charge in [0, 0.05) is 4.90 Å². The van der Waals surface area contributed by atoms with E-state index >= 15 is 0 Å². The molecule has 1 aromatic rings. The molecule has 0 N–H and O–H groups in total. The maximum atomic E-state index is 14.0. The molecule has 1 rings (SSSR count). The van der Waals surface area contributed by atoms with E-state index in [1.165, 1.54) is 0 Å². The zero-order chi connectivity index (χ0) is 21.5. The van der Waals surface area contributed by atoms with Gasteiger partial charge in [-0.15, -0.1) is 0 Å². The molecule has 0 aliphatic rings. The van der Waals surface area contributed by atoms with Crippen LogP contribution in [0.25, 0.3) is 0 Å². The normalized spacial score (nSPS) is 13.5. The first-order valence-corrected chi connectivity index (χ1v) is 13.6. The fourth-order valence-corrected chi connectivity index (χ4v) is 10.2. The highest BCUT2D eigenvalue weighted by molar-refractivity contribution is 8.12. The Hall–Kier alpha value is -0.130. The molecule has 0 aliphatic carbocycles. The quantitative estimate of drug-likeness (QED) is 0.246. The van der Waals surface area contributed by atoms with Gasteiger partial charge in [0.1, 0.15) is 0 Å². The lowest BCUT2D eigenvalue weighted by Gasteiger charge is -2.34. The molecule has 162 valence electrons. The molecule has 0 unspecified atom stereocenters. The van der Waals surface area contributed by atoms with Crippen LogP contribution >= 0.6 is 27.0 Å². The Morgan fingerprint density at radius 3 is 1.25 bits per heavy atom. The topological polar surface area (TPSA) is 71.1 Å². The number of thioether (sulfide) groups is 1. The summed E-state index contributed by atoms with van der Waals surface area (Å²) in [6.45, 7) is 14.1. The van der Waals surface area contributed by atoms with Gasteiger partial charge in [-0.1, -0.05) is 30.0 Å². The predicted molar refractivity (Wildman–Crippen MR) is 116 cm³/mol. The second-order valence-corrected chi connectivity index (χ2v) is 13.8. The minimum atomic E-state index is -3.89. The molecule has 9 heteroatoms. The third kappa shape index (κ3) is 8.31. The molecule has 0 atom stereocenters. The molecule has 6 nitrogen and oxygen atoms in total. The van der Waals surface area contributed by atoms with Crippen LogP contribution < -0.4 is 0 Å². The van der Waals surface area contributed by atoms with Crippen LogP contribution in [0.15, 0.2) is 35.2 Å². The van der Waals surface area contributed by atoms with Crippen molar-refractivity contribution in [3.63, 3.8) is 0 Å². The lowest BCUT2D eigenvalue weighted by Crippen LogP contribution is -2.21. The van der Waals surface area contributed by atoms with Crippen LogP contribution in [0, 0.1) is 0 Å². The molecule has 0 fully saturated rings. The number of rotatable bonds is 12. The van der Waals surface area contributed by atoms with Crippen LogP contribution in [0.5, 0.6) is 0 Å². The van der Waals surface area contributed by atoms with E-state index in [9.17, 15) is 9.13 Å². The van der Waals surface area contributed by atoms with Crippen molar-refractivity contribution in [3.8, 4) is 0 Å². The molecule has 0 radical (unpaired) electrons. The van der Waals surface area contributed by atoms with E-state index in [-0.39, 0.29) is 0 Å². The smallest absolute Gasteiger partial charge is 0.305 e. The lowest BCUT2D eigenvalue weighted by molar-refractivity contribution is 0.129. The van der Waals surface area contributed by atoms with Gasteiger partial charge in [-0.05, 0) is 67.5 Å². The van der Waals surface area contributed by atoms with E-state index in [1.807, 2.05) is 30.3 Å². The molecule has 0 bridgehead atoms. The van der Waals surface area contributed by atoms with E-state index in [1.54, 1.807) is 55.4 Å². The van der Waals surface area contributed by atoms with Crippen molar-refractivity contribution >= 4 is 27.0 Å². The molecule has 0 amide bonds. The van der Waals surface area contributed by atoms with Crippen LogP contribution in [0.2, 0.25) is 0 Å². The predicted octanol–water partition coefficient (Wildman–Crippen LogP) is 7.15. The van der Waals surface area contributed by atoms with Crippen LogP contribution in [0.1, 0.15) is 55.4 Å². The highest BCUT2D eigenvalue weighted by Crippen LogP contribution is 2.76. The van der Waals surface area contributed by atoms with Gasteiger partial charge in [-0.25, -0.2) is 0 Å². The molecular formula is C19H34O6P2S. The fourth-order valence-electron chi connectivity index (χ4n) is 2.36. The molecule has 0 spiro atoms. The van der Waals surface area contributed by atoms with Gasteiger partial charge >= 0.3 is 15.2 Å². The maximum Gasteiger partial charge on any atom is 0.356 e. The summed E-state index contributed by atoms with van der Waals surface area (Å²) in [5, 5.41) is 0. The second kappa shape index (κ2) is 11.3. The van der Waals surface area contributed by atoms with Crippen molar-refractivity contribution in [1.82, 2.24) is 0 Å². The average molecular weight is 452 g/mol. The molecule has 0 aromatic heterocycles. The fraction of sp³-hybridized carbons (Fsp3) is 0.684. The maximum absolute atomic E-state index is 14.0. The monoisotopic (exact) mass is 452 g/mol. The zero-order valence-electron chi connectivity index (χ0n) is 18.0. The van der Waals surface area contributed by atoms with E-state index in [2.05, 4.69) is 0 Å². The molecule has 1 aromatic carbocycles. The van der Waals surface area contributed by atoms with Gasteiger partial charge in [-0.3, -0.25) is 9.13 Å². The summed E-state index contributed by atoms with van der Waals surface area (Å²) in [5.41, 5.74) is 0. The SMILES string of the molecule is CC(C)OP(=O)(OC(C)C)C(Sc1ccccc1)P(=O)(OC(C)C)OC(C)C. The molecule has 0 saturated heterocycles. The van der Waals surface area contributed by atoms with Crippen molar-refractivity contribution in [2.75, 3.05) is 0 Å². The lowest BCUT2D eigenvalue weighted by atomic mass is 10.4. The first kappa shape index (κ1) is 25.9. The van der Waals surface area contributed by atoms with Crippen LogP contribution in [0.4, 0.5) is 0 Å². The number of hydrogen-bond acceptors (Lipinski definition) is 7. The van der Waals surface area contributed by atoms with Crippen molar-refractivity contribution in [2.24, 2.45) is 0 Å². The Morgan fingerprint density at radius 1 is 0.643 bits per heavy atom. The minimum Gasteiger partial charge on any atom is -0.305 e. The highest BCUT2D eigenvalue weighted by Gasteiger charge is 2.53. The Morgan fingerprint density at radius 2 is 0.964 bits per heavy atom. The summed E-state index contributed by atoms with van der Waals surface area (Å²) in [5.74, 6) is 0. The van der Waals surface area contributed by atoms with Crippen LogP contribution in [-0.4, -0.2) is 29.1 Å². The zero-order valence-corrected chi connectivity index (χ0v) is 20.6. The van der Waals surface area contributed by atoms with Gasteiger partial charge in [0.05, 0.1) is 24.4 Å². The van der Waals surface area contributed by atoms with Crippen molar-refractivity contribution in [3.05, 3.63) is 30.3 Å².